The Labute approximate surface area is 202 Å². The molecule has 3 heterocycles. The Balaban J connectivity index is 1.33. The fourth-order valence-corrected chi connectivity index (χ4v) is 5.88. The van der Waals surface area contributed by atoms with Gasteiger partial charge < -0.3 is 15.1 Å². The van der Waals surface area contributed by atoms with E-state index in [9.17, 15) is 15.0 Å². The Kier molecular flexibility index (Phi) is 6.27. The monoisotopic (exact) mass is 482 g/mol. The number of nitrogens with zero attached hydrogens (tertiary/aromatic N) is 2. The van der Waals surface area contributed by atoms with E-state index in [-0.39, 0.29) is 12.0 Å². The average molecular weight is 483 g/mol. The lowest BCUT2D eigenvalue weighted by Gasteiger charge is -2.36. The highest BCUT2D eigenvalue weighted by atomic mass is 35.5. The molecule has 2 fully saturated rings. The van der Waals surface area contributed by atoms with Crippen LogP contribution in [0, 0.1) is 0 Å². The van der Waals surface area contributed by atoms with E-state index in [1.807, 2.05) is 18.2 Å². The Morgan fingerprint density at radius 1 is 1.15 bits per heavy atom. The van der Waals surface area contributed by atoms with Crippen LogP contribution in [0.3, 0.4) is 0 Å². The molecule has 0 spiro atoms. The molecule has 0 radical (unpaired) electrons. The van der Waals surface area contributed by atoms with Gasteiger partial charge in [-0.05, 0) is 78.9 Å². The maximum Gasteiger partial charge on any atom is 0.253 e. The lowest BCUT2D eigenvalue weighted by atomic mass is 9.77. The summed E-state index contributed by atoms with van der Waals surface area (Å²) in [4.78, 5) is 20.1. The van der Waals surface area contributed by atoms with Crippen molar-refractivity contribution >= 4 is 28.8 Å². The number of benzene rings is 1. The number of likely N-dealkylation sites (tertiary alicyclic amines) is 1. The first-order valence-corrected chi connectivity index (χ1v) is 12.7. The number of rotatable bonds is 5. The van der Waals surface area contributed by atoms with Gasteiger partial charge in [-0.1, -0.05) is 17.7 Å². The van der Waals surface area contributed by atoms with Gasteiger partial charge in [0.15, 0.2) is 0 Å². The number of hydrogen-bond donors (Lipinski definition) is 2. The molecule has 172 valence electrons. The minimum absolute atomic E-state index is 0.0420. The van der Waals surface area contributed by atoms with Crippen molar-refractivity contribution in [3.8, 4) is 21.6 Å². The number of carbonyl (C=O) groups excluding carboxylic acids is 1. The summed E-state index contributed by atoms with van der Waals surface area (Å²) in [6.45, 7) is 1.14. The molecule has 3 aromatic rings. The molecule has 1 aliphatic heterocycles. The first-order chi connectivity index (χ1) is 15.9. The number of aromatic nitrogens is 1. The van der Waals surface area contributed by atoms with E-state index in [1.54, 1.807) is 28.5 Å². The van der Waals surface area contributed by atoms with Gasteiger partial charge in [0, 0.05) is 47.4 Å². The number of piperidine rings is 1. The van der Waals surface area contributed by atoms with Crippen LogP contribution in [0.15, 0.2) is 48.0 Å². The van der Waals surface area contributed by atoms with Crippen molar-refractivity contribution in [2.75, 3.05) is 13.1 Å². The van der Waals surface area contributed by atoms with Crippen LogP contribution in [0.5, 0.6) is 0 Å². The zero-order valence-electron chi connectivity index (χ0n) is 18.3. The minimum atomic E-state index is -0.591. The molecular weight excluding hydrogens is 456 g/mol. The number of amides is 1. The fraction of sp³-hybridized carbons (Fsp3) is 0.385. The molecule has 1 aliphatic carbocycles. The van der Waals surface area contributed by atoms with Crippen molar-refractivity contribution in [1.29, 1.82) is 0 Å². The highest BCUT2D eigenvalue weighted by molar-refractivity contribution is 7.14. The molecule has 0 unspecified atom stereocenters. The fourth-order valence-electron chi connectivity index (χ4n) is 4.58. The van der Waals surface area contributed by atoms with Gasteiger partial charge in [-0.15, -0.1) is 11.3 Å². The van der Waals surface area contributed by atoms with E-state index >= 15 is 0 Å². The van der Waals surface area contributed by atoms with Crippen LogP contribution in [0.25, 0.3) is 21.6 Å². The van der Waals surface area contributed by atoms with Crippen molar-refractivity contribution in [3.05, 3.63) is 64.3 Å². The zero-order valence-corrected chi connectivity index (χ0v) is 19.9. The third-order valence-corrected chi connectivity index (χ3v) is 8.05. The van der Waals surface area contributed by atoms with Gasteiger partial charge in [-0.25, -0.2) is 0 Å². The third kappa shape index (κ3) is 4.85. The smallest absolute Gasteiger partial charge is 0.253 e. The number of aliphatic hydroxyl groups excluding tert-OH is 1. The largest absolute Gasteiger partial charge is 0.393 e. The Morgan fingerprint density at radius 2 is 1.94 bits per heavy atom. The van der Waals surface area contributed by atoms with Crippen LogP contribution in [0.1, 0.15) is 48.2 Å². The molecule has 0 bridgehead atoms. The standard InChI is InChI=1S/C26H27ClN2O3S/c27-23-13-18(25(31)29-10-5-21(30)6-11-29)2-3-22(23)24-14-19(16-33-24)17-4-9-28-20(12-17)15-26(32)7-1-8-26/h2-4,9,12-14,16,21,30,32H,1,5-8,10-11,15H2. The lowest BCUT2D eigenvalue weighted by Crippen LogP contribution is -2.40. The molecule has 7 heteroatoms. The van der Waals surface area contributed by atoms with Crippen LogP contribution in [-0.4, -0.2) is 50.8 Å². The molecule has 5 rings (SSSR count). The summed E-state index contributed by atoms with van der Waals surface area (Å²) < 4.78 is 0. The van der Waals surface area contributed by atoms with Crippen LogP contribution in [-0.2, 0) is 6.42 Å². The predicted molar refractivity (Wildman–Crippen MR) is 132 cm³/mol. The number of pyridine rings is 1. The highest BCUT2D eigenvalue weighted by Gasteiger charge is 2.34. The van der Waals surface area contributed by atoms with E-state index in [1.165, 1.54) is 0 Å². The summed E-state index contributed by atoms with van der Waals surface area (Å²) in [5, 5.41) is 22.8. The lowest BCUT2D eigenvalue weighted by molar-refractivity contribution is -0.0330. The summed E-state index contributed by atoms with van der Waals surface area (Å²) in [7, 11) is 0. The average Bonchev–Trinajstić information content (AvgIpc) is 3.28. The molecule has 1 saturated heterocycles. The van der Waals surface area contributed by atoms with Crippen molar-refractivity contribution in [2.24, 2.45) is 0 Å². The molecule has 2 aliphatic rings. The minimum Gasteiger partial charge on any atom is -0.393 e. The van der Waals surface area contributed by atoms with E-state index in [0.717, 1.165) is 46.5 Å². The van der Waals surface area contributed by atoms with Gasteiger partial charge in [-0.2, -0.15) is 0 Å². The van der Waals surface area contributed by atoms with Crippen LogP contribution < -0.4 is 0 Å². The molecule has 2 aromatic heterocycles. The van der Waals surface area contributed by atoms with E-state index in [0.29, 0.717) is 42.9 Å². The van der Waals surface area contributed by atoms with Gasteiger partial charge in [0.25, 0.3) is 5.91 Å². The van der Waals surface area contributed by atoms with Crippen LogP contribution in [0.2, 0.25) is 5.02 Å². The van der Waals surface area contributed by atoms with Gasteiger partial charge >= 0.3 is 0 Å². The molecule has 1 saturated carbocycles. The second kappa shape index (κ2) is 9.18. The first-order valence-electron chi connectivity index (χ1n) is 11.4. The second-order valence-electron chi connectivity index (χ2n) is 9.21. The maximum absolute atomic E-state index is 12.8. The number of carbonyl (C=O) groups is 1. The number of halogens is 1. The Morgan fingerprint density at radius 3 is 2.64 bits per heavy atom. The van der Waals surface area contributed by atoms with Crippen LogP contribution >= 0.6 is 22.9 Å². The molecular formula is C26H27ClN2O3S. The van der Waals surface area contributed by atoms with E-state index in [4.69, 9.17) is 11.6 Å². The first kappa shape index (κ1) is 22.5. The quantitative estimate of drug-likeness (QED) is 0.525. The third-order valence-electron chi connectivity index (χ3n) is 6.78. The van der Waals surface area contributed by atoms with Crippen molar-refractivity contribution in [1.82, 2.24) is 9.88 Å². The topological polar surface area (TPSA) is 73.7 Å². The summed E-state index contributed by atoms with van der Waals surface area (Å²) in [5.74, 6) is -0.0420. The Hall–Kier alpha value is -2.25. The van der Waals surface area contributed by atoms with Gasteiger partial charge in [0.2, 0.25) is 0 Å². The summed E-state index contributed by atoms with van der Waals surface area (Å²) in [5.41, 5.74) is 3.95. The van der Waals surface area contributed by atoms with Crippen molar-refractivity contribution in [3.63, 3.8) is 0 Å². The number of thiophene rings is 1. The van der Waals surface area contributed by atoms with Gasteiger partial charge in [0.05, 0.1) is 16.7 Å². The molecule has 5 nitrogen and oxygen atoms in total. The van der Waals surface area contributed by atoms with Gasteiger partial charge in [0.1, 0.15) is 0 Å². The van der Waals surface area contributed by atoms with Crippen molar-refractivity contribution < 1.29 is 15.0 Å². The predicted octanol–water partition coefficient (Wildman–Crippen LogP) is 5.18. The summed E-state index contributed by atoms with van der Waals surface area (Å²) in [6.07, 6.45) is 6.09. The molecule has 1 amide bonds. The number of hydrogen-bond acceptors (Lipinski definition) is 5. The molecule has 2 N–H and O–H groups in total. The van der Waals surface area contributed by atoms with Crippen LogP contribution in [0.4, 0.5) is 0 Å². The van der Waals surface area contributed by atoms with E-state index in [2.05, 4.69) is 22.5 Å². The summed E-state index contributed by atoms with van der Waals surface area (Å²) >= 11 is 8.22. The van der Waals surface area contributed by atoms with Gasteiger partial charge in [-0.3, -0.25) is 9.78 Å². The molecule has 33 heavy (non-hydrogen) atoms. The van der Waals surface area contributed by atoms with E-state index < -0.39 is 5.60 Å². The van der Waals surface area contributed by atoms with Crippen molar-refractivity contribution in [2.45, 2.75) is 50.2 Å². The molecule has 1 aromatic carbocycles. The maximum atomic E-state index is 12.8. The normalized spacial score (nSPS) is 18.2. The highest BCUT2D eigenvalue weighted by Crippen LogP contribution is 2.38. The molecule has 0 atom stereocenters. The second-order valence-corrected chi connectivity index (χ2v) is 10.5. The SMILES string of the molecule is O=C(c1ccc(-c2cc(-c3ccnc(CC4(O)CCC4)c3)cs2)c(Cl)c1)N1CCC(O)CC1. The summed E-state index contributed by atoms with van der Waals surface area (Å²) in [6, 6.07) is 11.6. The Bertz CT molecular complexity index is 1170. The number of aliphatic hydroxyl groups is 2. The zero-order chi connectivity index (χ0) is 23.0.